The Morgan fingerprint density at radius 2 is 1.49 bits per heavy atom. The van der Waals surface area contributed by atoms with Crippen molar-refractivity contribution in [3.8, 4) is 0 Å². The van der Waals surface area contributed by atoms with E-state index < -0.39 is 20.8 Å². The number of allylic oxidation sites excluding steroid dienone is 4. The molecule has 0 aliphatic heterocycles. The van der Waals surface area contributed by atoms with Crippen molar-refractivity contribution in [3.63, 3.8) is 0 Å². The van der Waals surface area contributed by atoms with Gasteiger partial charge in [0.15, 0.2) is 0 Å². The van der Waals surface area contributed by atoms with Gasteiger partial charge in [0.2, 0.25) is 0 Å². The Morgan fingerprint density at radius 1 is 0.886 bits per heavy atom. The molecule has 0 aromatic heterocycles. The summed E-state index contributed by atoms with van der Waals surface area (Å²) < 4.78 is 0. The molecular weight excluding hydrogens is 565 g/mol. The fourth-order valence-electron chi connectivity index (χ4n) is 4.37. The first kappa shape index (κ1) is 33.2. The summed E-state index contributed by atoms with van der Waals surface area (Å²) in [4.78, 5) is 0. The normalized spacial score (nSPS) is 12.4. The van der Waals surface area contributed by atoms with Gasteiger partial charge in [0.05, 0.1) is 0 Å². The number of hydrogen-bond donors (Lipinski definition) is 0. The molecule has 0 amide bonds. The van der Waals surface area contributed by atoms with Crippen LogP contribution in [0.15, 0.2) is 53.6 Å². The second-order valence-electron chi connectivity index (χ2n) is 9.37. The van der Waals surface area contributed by atoms with Crippen molar-refractivity contribution in [1.82, 2.24) is 0 Å². The average molecular weight is 613 g/mol. The Labute approximate surface area is 237 Å². The van der Waals surface area contributed by atoms with Crippen LogP contribution in [0.1, 0.15) is 105 Å². The van der Waals surface area contributed by atoms with Crippen LogP contribution in [0.5, 0.6) is 0 Å². The van der Waals surface area contributed by atoms with Gasteiger partial charge < -0.3 is 0 Å². The molecule has 0 fully saturated rings. The van der Waals surface area contributed by atoms with Crippen molar-refractivity contribution in [2.24, 2.45) is 0 Å². The summed E-state index contributed by atoms with van der Waals surface area (Å²) in [5.41, 5.74) is 2.91. The van der Waals surface area contributed by atoms with Gasteiger partial charge in [0.1, 0.15) is 0 Å². The molecule has 0 saturated carbocycles. The molecule has 2 aromatic carbocycles. The molecule has 0 unspecified atom stereocenters. The summed E-state index contributed by atoms with van der Waals surface area (Å²) in [6, 6.07) is 13.8. The number of hydrogen-bond acceptors (Lipinski definition) is 0. The van der Waals surface area contributed by atoms with Crippen LogP contribution in [0.3, 0.4) is 0 Å². The molecule has 3 rings (SSSR count). The minimum atomic E-state index is -0.826. The van der Waals surface area contributed by atoms with Gasteiger partial charge in [-0.3, -0.25) is 6.08 Å². The first-order valence-electron chi connectivity index (χ1n) is 13.7. The van der Waals surface area contributed by atoms with Gasteiger partial charge in [-0.1, -0.05) is 92.5 Å². The van der Waals surface area contributed by atoms with Crippen LogP contribution in [-0.4, -0.2) is 12.3 Å². The van der Waals surface area contributed by atoms with E-state index in [1.807, 2.05) is 0 Å². The SMILES string of the molecule is CCCCC1=[C-]CC=C1C.CCCCCCP(CCCCCC)c1cc2ccccc2[cH-]1.[Cl][Zr+2][Cl]. The zero-order chi connectivity index (χ0) is 25.7. The van der Waals surface area contributed by atoms with Crippen LogP contribution in [-0.2, 0) is 20.8 Å². The van der Waals surface area contributed by atoms with Crippen molar-refractivity contribution in [2.75, 3.05) is 12.3 Å². The van der Waals surface area contributed by atoms with E-state index in [0.717, 1.165) is 6.42 Å². The third-order valence-corrected chi connectivity index (χ3v) is 9.21. The Hall–Kier alpha value is 0.203. The molecule has 0 N–H and O–H groups in total. The maximum atomic E-state index is 4.93. The molecule has 194 valence electrons. The molecule has 35 heavy (non-hydrogen) atoms. The summed E-state index contributed by atoms with van der Waals surface area (Å²) in [5, 5.41) is 4.53. The van der Waals surface area contributed by atoms with Crippen LogP contribution in [0.2, 0.25) is 0 Å². The molecule has 2 aromatic rings. The van der Waals surface area contributed by atoms with Crippen LogP contribution in [0, 0.1) is 6.08 Å². The summed E-state index contributed by atoms with van der Waals surface area (Å²) in [6.07, 6.45) is 24.6. The van der Waals surface area contributed by atoms with E-state index in [0.29, 0.717) is 0 Å². The van der Waals surface area contributed by atoms with Crippen molar-refractivity contribution >= 4 is 41.0 Å². The first-order valence-corrected chi connectivity index (χ1v) is 21.8. The maximum absolute atomic E-state index is 4.93. The summed E-state index contributed by atoms with van der Waals surface area (Å²) >= 11 is -0.826. The first-order chi connectivity index (χ1) is 17.1. The van der Waals surface area contributed by atoms with Gasteiger partial charge in [-0.25, -0.2) is 11.1 Å². The van der Waals surface area contributed by atoms with Crippen molar-refractivity contribution in [3.05, 3.63) is 59.7 Å². The molecular formula is C31H47Cl2PZr. The third-order valence-electron chi connectivity index (χ3n) is 6.51. The zero-order valence-corrected chi connectivity index (χ0v) is 27.5. The fourth-order valence-corrected chi connectivity index (χ4v) is 6.97. The molecule has 0 bridgehead atoms. The number of rotatable bonds is 14. The Balaban J connectivity index is 0.000000391. The minimum absolute atomic E-state index is 0.0642. The molecule has 1 aliphatic carbocycles. The number of unbranched alkanes of at least 4 members (excludes halogenated alkanes) is 7. The number of benzene rings is 1. The quantitative estimate of drug-likeness (QED) is 0.113. The Morgan fingerprint density at radius 3 is 2.00 bits per heavy atom. The van der Waals surface area contributed by atoms with Gasteiger partial charge in [0, 0.05) is 0 Å². The van der Waals surface area contributed by atoms with E-state index in [-0.39, 0.29) is 7.92 Å². The molecule has 0 radical (unpaired) electrons. The number of fused-ring (bicyclic) bond motifs is 1. The van der Waals surface area contributed by atoms with E-state index in [4.69, 9.17) is 17.0 Å². The van der Waals surface area contributed by atoms with Gasteiger partial charge >= 0.3 is 37.9 Å². The molecule has 0 heterocycles. The monoisotopic (exact) mass is 610 g/mol. The van der Waals surface area contributed by atoms with Gasteiger partial charge in [-0.05, 0) is 25.2 Å². The molecule has 0 atom stereocenters. The Kier molecular flexibility index (Phi) is 21.1. The summed E-state index contributed by atoms with van der Waals surface area (Å²) in [5.74, 6) is 0. The van der Waals surface area contributed by atoms with Crippen molar-refractivity contribution < 1.29 is 20.8 Å². The van der Waals surface area contributed by atoms with Crippen LogP contribution in [0.4, 0.5) is 0 Å². The third kappa shape index (κ3) is 14.7. The van der Waals surface area contributed by atoms with E-state index in [1.165, 1.54) is 105 Å². The average Bonchev–Trinajstić information content (AvgIpc) is 3.48. The van der Waals surface area contributed by atoms with E-state index in [9.17, 15) is 0 Å². The second kappa shape index (κ2) is 22.2. The molecule has 0 nitrogen and oxygen atoms in total. The topological polar surface area (TPSA) is 0 Å². The van der Waals surface area contributed by atoms with Crippen molar-refractivity contribution in [2.45, 2.75) is 105 Å². The molecule has 0 saturated heterocycles. The fraction of sp³-hybridized carbons (Fsp3) is 0.581. The second-order valence-corrected chi connectivity index (χ2v) is 15.6. The summed E-state index contributed by atoms with van der Waals surface area (Å²) in [6.45, 7) is 9.02. The predicted octanol–water partition coefficient (Wildman–Crippen LogP) is 11.5. The zero-order valence-electron chi connectivity index (χ0n) is 22.6. The molecule has 1 aliphatic rings. The van der Waals surface area contributed by atoms with E-state index >= 15 is 0 Å². The van der Waals surface area contributed by atoms with E-state index in [1.54, 1.807) is 5.30 Å². The van der Waals surface area contributed by atoms with Crippen LogP contribution < -0.4 is 5.30 Å². The van der Waals surface area contributed by atoms with Gasteiger partial charge in [0.25, 0.3) is 0 Å². The summed E-state index contributed by atoms with van der Waals surface area (Å²) in [7, 11) is 9.93. The van der Waals surface area contributed by atoms with Crippen LogP contribution >= 0.6 is 24.9 Å². The van der Waals surface area contributed by atoms with Gasteiger partial charge in [-0.2, -0.15) is 12.1 Å². The predicted molar refractivity (Wildman–Crippen MR) is 160 cm³/mol. The van der Waals surface area contributed by atoms with E-state index in [2.05, 4.69) is 76.2 Å². The molecule has 0 spiro atoms. The Bertz CT molecular complexity index is 794. The number of halogens is 2. The molecule has 4 heteroatoms. The van der Waals surface area contributed by atoms with Gasteiger partial charge in [-0.15, -0.1) is 53.7 Å². The van der Waals surface area contributed by atoms with Crippen molar-refractivity contribution in [1.29, 1.82) is 0 Å². The standard InChI is InChI=1S/C21H32P.C10H15.2ClH.Zr/c1-3-5-7-11-15-22(16-12-8-6-4-2)21-17-19-13-9-10-14-20(19)18-21;1-3-4-7-10-8-5-6-9(10)2;;;/h9-10,13-14,17-18H,3-8,11-12,15-16H2,1-2H3;6H,3-5,7H2,1-2H3;2*1H;/q2*-1;;;+4/p-2. The van der Waals surface area contributed by atoms with Crippen LogP contribution in [0.25, 0.3) is 10.8 Å².